The summed E-state index contributed by atoms with van der Waals surface area (Å²) < 4.78 is 42.0. The van der Waals surface area contributed by atoms with Crippen molar-refractivity contribution in [3.05, 3.63) is 42.0 Å². The van der Waals surface area contributed by atoms with Crippen molar-refractivity contribution in [1.29, 1.82) is 0 Å². The van der Waals surface area contributed by atoms with Crippen LogP contribution in [-0.2, 0) is 33.4 Å². The van der Waals surface area contributed by atoms with E-state index in [0.717, 1.165) is 44.1 Å². The predicted octanol–water partition coefficient (Wildman–Crippen LogP) is 12.7. The van der Waals surface area contributed by atoms with Crippen molar-refractivity contribution in [3.8, 4) is 0 Å². The Balaban J connectivity index is 2.26. The van der Waals surface area contributed by atoms with Gasteiger partial charge in [0.2, 0.25) is 0 Å². The van der Waals surface area contributed by atoms with Crippen LogP contribution in [0.25, 0.3) is 0 Å². The number of aryl methyl sites for hydroxylation is 1. The van der Waals surface area contributed by atoms with Crippen LogP contribution >= 0.6 is 0 Å². The van der Waals surface area contributed by atoms with Crippen molar-refractivity contribution in [2.45, 2.75) is 212 Å². The van der Waals surface area contributed by atoms with E-state index in [9.17, 15) is 18.0 Å². The first-order valence-electron chi connectivity index (χ1n) is 21.3. The smallest absolute Gasteiger partial charge is 0.330 e. The fraction of sp³-hybridized carbons (Fsp3) is 0.773. The predicted molar refractivity (Wildman–Crippen MR) is 215 cm³/mol. The molecule has 0 spiro atoms. The van der Waals surface area contributed by atoms with Crippen LogP contribution in [0.15, 0.2) is 41.3 Å². The largest absolute Gasteiger partial charge is 0.463 e. The molecule has 0 amide bonds. The van der Waals surface area contributed by atoms with Crippen molar-refractivity contribution < 1.29 is 31.7 Å². The molecule has 0 saturated carbocycles. The highest BCUT2D eigenvalue weighted by Crippen LogP contribution is 2.18. The van der Waals surface area contributed by atoms with E-state index < -0.39 is 28.2 Å². The summed E-state index contributed by atoms with van der Waals surface area (Å²) in [5, 5.41) is 0. The summed E-state index contributed by atoms with van der Waals surface area (Å²) in [7, 11) is -4.16. The maximum atomic E-state index is 12.9. The minimum atomic E-state index is -4.16. The SMILES string of the molecule is CCCCCCCCC/C=C/C(=O)OCC(COC(=O)CCCCCCCCCCCCCCCCCCCCC)OS(=O)(=O)c1ccc(C)cc1. The Morgan fingerprint density at radius 3 is 1.44 bits per heavy atom. The second-order valence-corrected chi connectivity index (χ2v) is 16.3. The fourth-order valence-corrected chi connectivity index (χ4v) is 7.32. The molecule has 0 saturated heterocycles. The highest BCUT2D eigenvalue weighted by atomic mass is 32.2. The minimum Gasteiger partial charge on any atom is -0.463 e. The van der Waals surface area contributed by atoms with Gasteiger partial charge in [-0.2, -0.15) is 8.42 Å². The monoisotopic (exact) mass is 749 g/mol. The van der Waals surface area contributed by atoms with Gasteiger partial charge in [-0.05, 0) is 38.3 Å². The number of benzene rings is 1. The number of hydrogen-bond donors (Lipinski definition) is 0. The third-order valence-corrected chi connectivity index (χ3v) is 11.0. The number of hydrogen-bond acceptors (Lipinski definition) is 7. The second kappa shape index (κ2) is 33.4. The van der Waals surface area contributed by atoms with Gasteiger partial charge in [0.15, 0.2) is 0 Å². The number of rotatable bonds is 36. The van der Waals surface area contributed by atoms with Gasteiger partial charge in [0.25, 0.3) is 10.1 Å². The molecule has 0 fully saturated rings. The lowest BCUT2D eigenvalue weighted by molar-refractivity contribution is -0.149. The number of carbonyl (C=O) groups is 2. The minimum absolute atomic E-state index is 0.00979. The first kappa shape index (κ1) is 47.8. The highest BCUT2D eigenvalue weighted by molar-refractivity contribution is 7.86. The summed E-state index contributed by atoms with van der Waals surface area (Å²) in [4.78, 5) is 24.8. The topological polar surface area (TPSA) is 96.0 Å². The van der Waals surface area contributed by atoms with Crippen LogP contribution in [-0.4, -0.2) is 39.7 Å². The van der Waals surface area contributed by atoms with E-state index in [1.807, 2.05) is 6.92 Å². The van der Waals surface area contributed by atoms with Crippen LogP contribution in [0.5, 0.6) is 0 Å². The summed E-state index contributed by atoms with van der Waals surface area (Å²) in [6, 6.07) is 6.29. The third kappa shape index (κ3) is 28.3. The molecule has 1 rings (SSSR count). The van der Waals surface area contributed by atoms with Gasteiger partial charge in [0.1, 0.15) is 19.3 Å². The molecule has 1 atom stereocenters. The fourth-order valence-electron chi connectivity index (χ4n) is 6.27. The van der Waals surface area contributed by atoms with Crippen molar-refractivity contribution in [1.82, 2.24) is 0 Å². The summed E-state index contributed by atoms with van der Waals surface area (Å²) in [6.45, 7) is 5.67. The molecule has 0 radical (unpaired) electrons. The highest BCUT2D eigenvalue weighted by Gasteiger charge is 2.24. The van der Waals surface area contributed by atoms with E-state index in [0.29, 0.717) is 0 Å². The first-order chi connectivity index (χ1) is 25.3. The molecule has 1 aromatic carbocycles. The van der Waals surface area contributed by atoms with Crippen molar-refractivity contribution in [2.24, 2.45) is 0 Å². The zero-order valence-electron chi connectivity index (χ0n) is 33.5. The Hall–Kier alpha value is -2.19. The molecular formula is C44H76O7S. The molecule has 7 nitrogen and oxygen atoms in total. The van der Waals surface area contributed by atoms with E-state index in [-0.39, 0.29) is 24.5 Å². The average molecular weight is 749 g/mol. The van der Waals surface area contributed by atoms with Crippen molar-refractivity contribution >= 4 is 22.1 Å². The Kier molecular flexibility index (Phi) is 30.7. The van der Waals surface area contributed by atoms with Crippen LogP contribution in [0.2, 0.25) is 0 Å². The summed E-state index contributed by atoms with van der Waals surface area (Å²) in [5.41, 5.74) is 0.913. The Morgan fingerprint density at radius 1 is 0.577 bits per heavy atom. The number of carbonyl (C=O) groups excluding carboxylic acids is 2. The molecule has 1 unspecified atom stereocenters. The lowest BCUT2D eigenvalue weighted by atomic mass is 10.0. The van der Waals surface area contributed by atoms with Crippen LogP contribution in [0, 0.1) is 6.92 Å². The van der Waals surface area contributed by atoms with Crippen molar-refractivity contribution in [2.75, 3.05) is 13.2 Å². The molecule has 0 aliphatic heterocycles. The third-order valence-electron chi connectivity index (χ3n) is 9.63. The van der Waals surface area contributed by atoms with Crippen LogP contribution in [0.4, 0.5) is 0 Å². The van der Waals surface area contributed by atoms with Gasteiger partial charge in [-0.25, -0.2) is 4.79 Å². The summed E-state index contributed by atoms with van der Waals surface area (Å²) in [6.07, 6.45) is 35.9. The van der Waals surface area contributed by atoms with Gasteiger partial charge in [-0.15, -0.1) is 0 Å². The number of esters is 2. The number of ether oxygens (including phenoxy) is 2. The van der Waals surface area contributed by atoms with Gasteiger partial charge in [-0.3, -0.25) is 8.98 Å². The van der Waals surface area contributed by atoms with Gasteiger partial charge in [0.05, 0.1) is 4.90 Å². The zero-order valence-corrected chi connectivity index (χ0v) is 34.3. The second-order valence-electron chi connectivity index (χ2n) is 14.7. The van der Waals surface area contributed by atoms with Gasteiger partial charge < -0.3 is 9.47 Å². The maximum Gasteiger partial charge on any atom is 0.330 e. The molecule has 8 heteroatoms. The Bertz CT molecular complexity index is 1130. The molecule has 300 valence electrons. The first-order valence-corrected chi connectivity index (χ1v) is 22.7. The summed E-state index contributed by atoms with van der Waals surface area (Å²) >= 11 is 0. The Labute approximate surface area is 319 Å². The van der Waals surface area contributed by atoms with Crippen LogP contribution in [0.1, 0.15) is 199 Å². The van der Waals surface area contributed by atoms with E-state index in [1.54, 1.807) is 18.2 Å². The number of unbranched alkanes of at least 4 members (excludes halogenated alkanes) is 25. The van der Waals surface area contributed by atoms with Gasteiger partial charge in [0, 0.05) is 12.5 Å². The van der Waals surface area contributed by atoms with E-state index >= 15 is 0 Å². The lowest BCUT2D eigenvalue weighted by Crippen LogP contribution is -2.30. The average Bonchev–Trinajstić information content (AvgIpc) is 3.13. The molecule has 0 aliphatic carbocycles. The van der Waals surface area contributed by atoms with E-state index in [1.165, 1.54) is 153 Å². The van der Waals surface area contributed by atoms with E-state index in [4.69, 9.17) is 13.7 Å². The molecule has 0 N–H and O–H groups in total. The lowest BCUT2D eigenvalue weighted by Gasteiger charge is -2.17. The molecule has 0 bridgehead atoms. The van der Waals surface area contributed by atoms with Crippen LogP contribution < -0.4 is 0 Å². The van der Waals surface area contributed by atoms with E-state index in [2.05, 4.69) is 13.8 Å². The standard InChI is InChI=1S/C44H76O7S/c1-4-6-8-10-12-14-15-16-17-18-19-20-21-22-23-25-27-29-31-33-44(46)50-39-41(51-52(47,48)42-36-34-40(3)35-37-42)38-49-43(45)32-30-28-26-24-13-11-9-7-5-2/h30,32,34-37,41H,4-29,31,33,38-39H2,1-3H3/b32-30+. The molecule has 0 heterocycles. The molecule has 0 aromatic heterocycles. The molecule has 1 aromatic rings. The van der Waals surface area contributed by atoms with Crippen LogP contribution in [0.3, 0.4) is 0 Å². The zero-order chi connectivity index (χ0) is 38.0. The Morgan fingerprint density at radius 2 is 0.981 bits per heavy atom. The quantitative estimate of drug-likeness (QED) is 0.0292. The van der Waals surface area contributed by atoms with Gasteiger partial charge >= 0.3 is 11.9 Å². The maximum absolute atomic E-state index is 12.9. The summed E-state index contributed by atoms with van der Waals surface area (Å²) in [5.74, 6) is -0.987. The number of allylic oxidation sites excluding steroid dienone is 1. The molecule has 0 aliphatic rings. The normalized spacial score (nSPS) is 12.4. The molecular weight excluding hydrogens is 673 g/mol. The molecule has 52 heavy (non-hydrogen) atoms. The van der Waals surface area contributed by atoms with Crippen molar-refractivity contribution in [3.63, 3.8) is 0 Å². The van der Waals surface area contributed by atoms with Gasteiger partial charge in [-0.1, -0.05) is 192 Å².